The van der Waals surface area contributed by atoms with Crippen molar-refractivity contribution in [3.8, 4) is 11.4 Å². The number of carbonyl (C=O) groups is 2. The van der Waals surface area contributed by atoms with E-state index in [1.54, 1.807) is 42.5 Å². The van der Waals surface area contributed by atoms with Crippen LogP contribution in [0.5, 0.6) is 5.75 Å². The molecule has 0 aliphatic carbocycles. The van der Waals surface area contributed by atoms with Crippen molar-refractivity contribution in [2.75, 3.05) is 20.2 Å². The molecule has 2 N–H and O–H groups in total. The third-order valence-electron chi connectivity index (χ3n) is 5.56. The number of hydrogen-bond acceptors (Lipinski definition) is 4. The van der Waals surface area contributed by atoms with Gasteiger partial charge in [-0.1, -0.05) is 64.5 Å². The van der Waals surface area contributed by atoms with Gasteiger partial charge < -0.3 is 15.4 Å². The molecule has 0 unspecified atom stereocenters. The van der Waals surface area contributed by atoms with E-state index >= 15 is 0 Å². The van der Waals surface area contributed by atoms with E-state index in [9.17, 15) is 14.4 Å². The zero-order valence-corrected chi connectivity index (χ0v) is 20.7. The fourth-order valence-corrected chi connectivity index (χ4v) is 4.15. The molecule has 0 aliphatic heterocycles. The Morgan fingerprint density at radius 2 is 1.66 bits per heavy atom. The minimum Gasteiger partial charge on any atom is -0.495 e. The molecule has 3 aromatic carbocycles. The summed E-state index contributed by atoms with van der Waals surface area (Å²) in [6.45, 7) is 0.290. The summed E-state index contributed by atoms with van der Waals surface area (Å²) in [7, 11) is 1.52. The molecular weight excluding hydrogens is 510 g/mol. The summed E-state index contributed by atoms with van der Waals surface area (Å²) in [6.07, 6.45) is 2.18. The van der Waals surface area contributed by atoms with E-state index in [1.807, 2.05) is 30.3 Å². The van der Waals surface area contributed by atoms with Crippen molar-refractivity contribution in [1.82, 2.24) is 15.2 Å². The molecule has 0 atom stereocenters. The molecule has 1 heterocycles. The number of nitrogens with zero attached hydrogens (tertiary/aromatic N) is 1. The second-order valence-corrected chi connectivity index (χ2v) is 8.76. The number of aromatic nitrogens is 1. The minimum absolute atomic E-state index is 0.178. The van der Waals surface area contributed by atoms with E-state index < -0.39 is 5.91 Å². The van der Waals surface area contributed by atoms with Crippen molar-refractivity contribution in [2.45, 2.75) is 6.42 Å². The molecule has 0 aliphatic rings. The predicted molar refractivity (Wildman–Crippen MR) is 139 cm³/mol. The van der Waals surface area contributed by atoms with E-state index in [-0.39, 0.29) is 23.6 Å². The van der Waals surface area contributed by atoms with Crippen LogP contribution in [-0.4, -0.2) is 36.6 Å². The van der Waals surface area contributed by atoms with Crippen LogP contribution in [0.2, 0.25) is 0 Å². The molecule has 4 rings (SSSR count). The largest absolute Gasteiger partial charge is 0.495 e. The van der Waals surface area contributed by atoms with Crippen LogP contribution >= 0.6 is 15.9 Å². The Morgan fingerprint density at radius 3 is 2.40 bits per heavy atom. The Labute approximate surface area is 210 Å². The summed E-state index contributed by atoms with van der Waals surface area (Å²) in [5.74, 6) is -0.272. The van der Waals surface area contributed by atoms with Gasteiger partial charge >= 0.3 is 0 Å². The Hall–Kier alpha value is -3.91. The number of nitrogens with one attached hydrogen (secondary N) is 2. The van der Waals surface area contributed by atoms with Gasteiger partial charge in [-0.2, -0.15) is 0 Å². The summed E-state index contributed by atoms with van der Waals surface area (Å²) in [4.78, 5) is 38.7. The average molecular weight is 534 g/mol. The molecule has 35 heavy (non-hydrogen) atoms. The molecule has 0 spiro atoms. The van der Waals surface area contributed by atoms with E-state index in [0.717, 1.165) is 10.0 Å². The molecule has 178 valence electrons. The number of fused-ring (bicyclic) bond motifs is 1. The first-order valence-electron chi connectivity index (χ1n) is 11.0. The number of ether oxygens (including phenoxy) is 1. The fraction of sp³-hybridized carbons (Fsp3) is 0.148. The number of halogens is 1. The van der Waals surface area contributed by atoms with Gasteiger partial charge in [0.25, 0.3) is 11.5 Å². The maximum atomic E-state index is 13.3. The number of hydrogen-bond donors (Lipinski definition) is 2. The van der Waals surface area contributed by atoms with Crippen LogP contribution in [0.4, 0.5) is 0 Å². The zero-order valence-electron chi connectivity index (χ0n) is 19.1. The van der Waals surface area contributed by atoms with E-state index in [1.165, 1.54) is 17.9 Å². The van der Waals surface area contributed by atoms with Gasteiger partial charge in [-0.05, 0) is 36.2 Å². The highest BCUT2D eigenvalue weighted by Gasteiger charge is 2.18. The lowest BCUT2D eigenvalue weighted by Crippen LogP contribution is -2.38. The molecule has 0 fully saturated rings. The smallest absolute Gasteiger partial charge is 0.263 e. The molecule has 7 nitrogen and oxygen atoms in total. The first-order chi connectivity index (χ1) is 17.0. The second-order valence-electron chi connectivity index (χ2n) is 7.85. The van der Waals surface area contributed by atoms with Gasteiger partial charge in [-0.3, -0.25) is 19.0 Å². The van der Waals surface area contributed by atoms with E-state index in [4.69, 9.17) is 4.74 Å². The van der Waals surface area contributed by atoms with Gasteiger partial charge in [0.15, 0.2) is 0 Å². The first kappa shape index (κ1) is 24.2. The molecule has 0 saturated heterocycles. The lowest BCUT2D eigenvalue weighted by atomic mass is 10.1. The van der Waals surface area contributed by atoms with Crippen LogP contribution in [0.3, 0.4) is 0 Å². The quantitative estimate of drug-likeness (QED) is 0.360. The molecular formula is C27H24BrN3O4. The van der Waals surface area contributed by atoms with Crippen molar-refractivity contribution < 1.29 is 14.3 Å². The fourth-order valence-electron chi connectivity index (χ4n) is 3.81. The number of carbonyl (C=O) groups excluding carboxylic acids is 2. The van der Waals surface area contributed by atoms with Crippen LogP contribution < -0.4 is 20.9 Å². The standard InChI is InChI=1S/C27H24BrN3O4/c1-35-24-15-19(28)11-12-23(24)31-17-22(20-9-5-6-10-21(20)27(31)34)26(33)30-16-25(32)29-14-13-18-7-3-2-4-8-18/h2-12,15,17H,13-14,16H2,1H3,(H,29,32)(H,30,33). The summed E-state index contributed by atoms with van der Waals surface area (Å²) in [6, 6.07) is 22.0. The molecule has 0 bridgehead atoms. The van der Waals surface area contributed by atoms with Crippen molar-refractivity contribution in [3.05, 3.63) is 105 Å². The number of benzene rings is 3. The lowest BCUT2D eigenvalue weighted by molar-refractivity contribution is -0.120. The second kappa shape index (κ2) is 11.0. The Morgan fingerprint density at radius 1 is 0.943 bits per heavy atom. The SMILES string of the molecule is COc1cc(Br)ccc1-n1cc(C(=O)NCC(=O)NCCc2ccccc2)c2ccccc2c1=O. The number of pyridine rings is 1. The van der Waals surface area contributed by atoms with Crippen LogP contribution in [0.1, 0.15) is 15.9 Å². The van der Waals surface area contributed by atoms with Gasteiger partial charge in [0.05, 0.1) is 24.9 Å². The van der Waals surface area contributed by atoms with Gasteiger partial charge in [-0.25, -0.2) is 0 Å². The third kappa shape index (κ3) is 5.60. The summed E-state index contributed by atoms with van der Waals surface area (Å²) >= 11 is 3.40. The van der Waals surface area contributed by atoms with Gasteiger partial charge in [0.2, 0.25) is 5.91 Å². The van der Waals surface area contributed by atoms with Gasteiger partial charge in [0.1, 0.15) is 5.75 Å². The first-order valence-corrected chi connectivity index (χ1v) is 11.8. The maximum Gasteiger partial charge on any atom is 0.263 e. The lowest BCUT2D eigenvalue weighted by Gasteiger charge is -2.15. The van der Waals surface area contributed by atoms with Crippen molar-refractivity contribution >= 4 is 38.5 Å². The molecule has 2 amide bonds. The molecule has 0 saturated carbocycles. The normalized spacial score (nSPS) is 10.7. The zero-order chi connectivity index (χ0) is 24.8. The highest BCUT2D eigenvalue weighted by molar-refractivity contribution is 9.10. The van der Waals surface area contributed by atoms with Crippen LogP contribution in [0, 0.1) is 0 Å². The number of methoxy groups -OCH3 is 1. The van der Waals surface area contributed by atoms with Gasteiger partial charge in [-0.15, -0.1) is 0 Å². The monoisotopic (exact) mass is 533 g/mol. The Kier molecular flexibility index (Phi) is 7.62. The molecule has 4 aromatic rings. The molecule has 8 heteroatoms. The molecule has 0 radical (unpaired) electrons. The highest BCUT2D eigenvalue weighted by Crippen LogP contribution is 2.27. The van der Waals surface area contributed by atoms with Crippen molar-refractivity contribution in [3.63, 3.8) is 0 Å². The predicted octanol–water partition coefficient (Wildman–Crippen LogP) is 3.85. The van der Waals surface area contributed by atoms with Crippen molar-refractivity contribution in [2.24, 2.45) is 0 Å². The van der Waals surface area contributed by atoms with Crippen LogP contribution in [0.15, 0.2) is 88.3 Å². The molecule has 1 aromatic heterocycles. The van der Waals surface area contributed by atoms with E-state index in [2.05, 4.69) is 26.6 Å². The summed E-state index contributed by atoms with van der Waals surface area (Å²) in [5.41, 5.74) is 1.62. The maximum absolute atomic E-state index is 13.3. The van der Waals surface area contributed by atoms with Crippen LogP contribution in [0.25, 0.3) is 16.5 Å². The topological polar surface area (TPSA) is 89.4 Å². The van der Waals surface area contributed by atoms with Crippen molar-refractivity contribution in [1.29, 1.82) is 0 Å². The average Bonchev–Trinajstić information content (AvgIpc) is 2.88. The Balaban J connectivity index is 1.55. The van der Waals surface area contributed by atoms with E-state index in [0.29, 0.717) is 35.2 Å². The number of amides is 2. The van der Waals surface area contributed by atoms with Crippen LogP contribution in [-0.2, 0) is 11.2 Å². The Bertz CT molecular complexity index is 1430. The highest BCUT2D eigenvalue weighted by atomic mass is 79.9. The minimum atomic E-state index is -0.454. The summed E-state index contributed by atoms with van der Waals surface area (Å²) in [5, 5.41) is 6.38. The number of rotatable bonds is 8. The third-order valence-corrected chi connectivity index (χ3v) is 6.05. The summed E-state index contributed by atoms with van der Waals surface area (Å²) < 4.78 is 7.64. The van der Waals surface area contributed by atoms with Gasteiger partial charge in [0, 0.05) is 28.0 Å².